The molecule has 0 saturated carbocycles. The van der Waals surface area contributed by atoms with Crippen LogP contribution in [0.3, 0.4) is 0 Å². The lowest BCUT2D eigenvalue weighted by Crippen LogP contribution is -2.62. The van der Waals surface area contributed by atoms with Gasteiger partial charge in [0.25, 0.3) is 0 Å². The summed E-state index contributed by atoms with van der Waals surface area (Å²) in [6, 6.07) is 14.0. The summed E-state index contributed by atoms with van der Waals surface area (Å²) in [6.07, 6.45) is 0. The molecule has 7 heteroatoms. The molecule has 1 aliphatic rings. The highest BCUT2D eigenvalue weighted by Crippen LogP contribution is 2.46. The first-order chi connectivity index (χ1) is 11.5. The molecular formula is C17H15N3O3S. The number of piperidine rings is 1. The molecule has 122 valence electrons. The zero-order valence-electron chi connectivity index (χ0n) is 12.5. The number of nitrogens with one attached hydrogen (secondary N) is 1. The van der Waals surface area contributed by atoms with Gasteiger partial charge >= 0.3 is 0 Å². The van der Waals surface area contributed by atoms with E-state index in [9.17, 15) is 20.0 Å². The van der Waals surface area contributed by atoms with Crippen LogP contribution in [0, 0.1) is 23.2 Å². The van der Waals surface area contributed by atoms with Gasteiger partial charge in [-0.2, -0.15) is 5.26 Å². The highest BCUT2D eigenvalue weighted by atomic mass is 32.1. The molecule has 0 spiro atoms. The van der Waals surface area contributed by atoms with Crippen LogP contribution in [0.15, 0.2) is 47.8 Å². The number of hydrogen-bond donors (Lipinski definition) is 3. The molecular weight excluding hydrogens is 326 g/mol. The Bertz CT molecular complexity index is 800. The molecule has 1 aliphatic heterocycles. The molecule has 3 rings (SSSR count). The number of rotatable bonds is 3. The molecule has 1 aromatic carbocycles. The monoisotopic (exact) mass is 341 g/mol. The van der Waals surface area contributed by atoms with E-state index in [0.29, 0.717) is 10.4 Å². The first kappa shape index (κ1) is 16.2. The van der Waals surface area contributed by atoms with Gasteiger partial charge in [0.15, 0.2) is 5.72 Å². The maximum atomic E-state index is 12.5. The van der Waals surface area contributed by atoms with E-state index in [-0.39, 0.29) is 0 Å². The number of benzene rings is 1. The maximum Gasteiger partial charge on any atom is 0.235 e. The van der Waals surface area contributed by atoms with E-state index in [1.165, 1.54) is 11.3 Å². The van der Waals surface area contributed by atoms with E-state index in [1.807, 2.05) is 0 Å². The number of nitrogens with zero attached hydrogens (tertiary/aromatic N) is 1. The molecule has 2 heterocycles. The third-order valence-electron chi connectivity index (χ3n) is 4.30. The number of carbonyl (C=O) groups excluding carboxylic acids is 2. The van der Waals surface area contributed by atoms with Crippen molar-refractivity contribution in [2.24, 2.45) is 17.6 Å². The first-order valence-corrected chi connectivity index (χ1v) is 8.19. The second-order valence-corrected chi connectivity index (χ2v) is 6.63. The van der Waals surface area contributed by atoms with Crippen LogP contribution in [0.4, 0.5) is 0 Å². The lowest BCUT2D eigenvalue weighted by Gasteiger charge is -2.44. The lowest BCUT2D eigenvalue weighted by atomic mass is 9.69. The maximum absolute atomic E-state index is 12.5. The van der Waals surface area contributed by atoms with Gasteiger partial charge < -0.3 is 16.2 Å². The molecule has 1 saturated heterocycles. The summed E-state index contributed by atoms with van der Waals surface area (Å²) in [6.45, 7) is 0. The van der Waals surface area contributed by atoms with Crippen molar-refractivity contribution in [1.29, 1.82) is 5.26 Å². The van der Waals surface area contributed by atoms with Crippen molar-refractivity contribution < 1.29 is 14.7 Å². The van der Waals surface area contributed by atoms with Crippen molar-refractivity contribution in [3.63, 3.8) is 0 Å². The minimum absolute atomic E-state index is 0.384. The quantitative estimate of drug-likeness (QED) is 0.723. The number of amides is 2. The molecule has 1 aromatic heterocycles. The number of primary amides is 1. The third-order valence-corrected chi connectivity index (χ3v) is 5.27. The molecule has 4 N–H and O–H groups in total. The molecule has 2 aromatic rings. The fourth-order valence-corrected chi connectivity index (χ4v) is 4.09. The summed E-state index contributed by atoms with van der Waals surface area (Å²) >= 11 is 1.32. The average molecular weight is 341 g/mol. The van der Waals surface area contributed by atoms with Gasteiger partial charge in [0.05, 0.1) is 6.07 Å². The Hall–Kier alpha value is -2.69. The summed E-state index contributed by atoms with van der Waals surface area (Å²) in [5.74, 6) is -4.59. The number of aliphatic hydroxyl groups is 1. The van der Waals surface area contributed by atoms with Crippen molar-refractivity contribution in [3.05, 3.63) is 58.3 Å². The second-order valence-electron chi connectivity index (χ2n) is 5.65. The van der Waals surface area contributed by atoms with Crippen molar-refractivity contribution in [2.45, 2.75) is 11.6 Å². The van der Waals surface area contributed by atoms with E-state index in [1.54, 1.807) is 47.8 Å². The highest BCUT2D eigenvalue weighted by Gasteiger charge is 2.56. The summed E-state index contributed by atoms with van der Waals surface area (Å²) < 4.78 is 0. The smallest absolute Gasteiger partial charge is 0.235 e. The fourth-order valence-electron chi connectivity index (χ4n) is 3.19. The Morgan fingerprint density at radius 3 is 2.54 bits per heavy atom. The lowest BCUT2D eigenvalue weighted by molar-refractivity contribution is -0.153. The molecule has 0 aliphatic carbocycles. The first-order valence-electron chi connectivity index (χ1n) is 7.31. The zero-order valence-corrected chi connectivity index (χ0v) is 13.4. The van der Waals surface area contributed by atoms with E-state index in [2.05, 4.69) is 11.4 Å². The minimum atomic E-state index is -1.90. The van der Waals surface area contributed by atoms with Gasteiger partial charge in [0, 0.05) is 16.4 Å². The van der Waals surface area contributed by atoms with Crippen LogP contribution in [0.25, 0.3) is 0 Å². The topological polar surface area (TPSA) is 116 Å². The second kappa shape index (κ2) is 6.07. The molecule has 0 unspecified atom stereocenters. The largest absolute Gasteiger partial charge is 0.369 e. The number of hydrogen-bond acceptors (Lipinski definition) is 5. The standard InChI is InChI=1S/C17H15N3O3S/c18-9-11-13(12-7-4-8-24-12)14(15(19)21)16(22)20-17(11,23)10-5-2-1-3-6-10/h1-8,11,13-14,23H,(H2,19,21)(H,20,22)/t11-,13-,14+,17-/m1/s1. The average Bonchev–Trinajstić information content (AvgIpc) is 3.08. The number of carbonyl (C=O) groups is 2. The molecule has 2 amide bonds. The minimum Gasteiger partial charge on any atom is -0.369 e. The number of thiophene rings is 1. The normalized spacial score (nSPS) is 29.5. The fraction of sp³-hybridized carbons (Fsp3) is 0.235. The molecule has 6 nitrogen and oxygen atoms in total. The number of nitrogens with two attached hydrogens (primary N) is 1. The van der Waals surface area contributed by atoms with Crippen LogP contribution in [0.2, 0.25) is 0 Å². The van der Waals surface area contributed by atoms with Crippen LogP contribution in [0.1, 0.15) is 16.4 Å². The van der Waals surface area contributed by atoms with E-state index >= 15 is 0 Å². The highest BCUT2D eigenvalue weighted by molar-refractivity contribution is 7.10. The van der Waals surface area contributed by atoms with Gasteiger partial charge in [-0.25, -0.2) is 0 Å². The Morgan fingerprint density at radius 1 is 1.29 bits per heavy atom. The van der Waals surface area contributed by atoms with Gasteiger partial charge in [-0.3, -0.25) is 9.59 Å². The summed E-state index contributed by atoms with van der Waals surface area (Å²) in [7, 11) is 0. The predicted octanol–water partition coefficient (Wildman–Crippen LogP) is 1.05. The summed E-state index contributed by atoms with van der Waals surface area (Å²) in [4.78, 5) is 25.0. The van der Waals surface area contributed by atoms with E-state index in [4.69, 9.17) is 5.73 Å². The Labute approximate surface area is 142 Å². The van der Waals surface area contributed by atoms with Gasteiger partial charge in [-0.05, 0) is 11.4 Å². The zero-order chi connectivity index (χ0) is 17.3. The van der Waals surface area contributed by atoms with Crippen LogP contribution in [-0.2, 0) is 15.3 Å². The van der Waals surface area contributed by atoms with Crippen LogP contribution >= 0.6 is 11.3 Å². The van der Waals surface area contributed by atoms with E-state index in [0.717, 1.165) is 0 Å². The van der Waals surface area contributed by atoms with E-state index < -0.39 is 35.3 Å². The Balaban J connectivity index is 2.17. The number of nitriles is 1. The van der Waals surface area contributed by atoms with Gasteiger partial charge in [0.1, 0.15) is 11.8 Å². The van der Waals surface area contributed by atoms with Gasteiger partial charge in [-0.15, -0.1) is 11.3 Å². The Kier molecular flexibility index (Phi) is 4.09. The molecule has 1 fully saturated rings. The van der Waals surface area contributed by atoms with Crippen molar-refractivity contribution in [2.75, 3.05) is 0 Å². The van der Waals surface area contributed by atoms with Crippen LogP contribution in [0.5, 0.6) is 0 Å². The molecule has 24 heavy (non-hydrogen) atoms. The molecule has 0 bridgehead atoms. The SMILES string of the molecule is N#C[C@@H]1[C@H](c2cccs2)[C@@H](C(N)=O)C(=O)N[C@@]1(O)c1ccccc1. The van der Waals surface area contributed by atoms with Crippen LogP contribution < -0.4 is 11.1 Å². The molecule has 0 radical (unpaired) electrons. The third kappa shape index (κ3) is 2.46. The van der Waals surface area contributed by atoms with Crippen LogP contribution in [-0.4, -0.2) is 16.9 Å². The summed E-state index contributed by atoms with van der Waals surface area (Å²) in [5, 5.41) is 25.1. The molecule has 4 atom stereocenters. The Morgan fingerprint density at radius 2 is 2.00 bits per heavy atom. The predicted molar refractivity (Wildman–Crippen MR) is 87.3 cm³/mol. The van der Waals surface area contributed by atoms with Gasteiger partial charge in [0.2, 0.25) is 11.8 Å². The van der Waals surface area contributed by atoms with Crippen molar-refractivity contribution in [1.82, 2.24) is 5.32 Å². The van der Waals surface area contributed by atoms with Crippen molar-refractivity contribution >= 4 is 23.2 Å². The van der Waals surface area contributed by atoms with Crippen molar-refractivity contribution in [3.8, 4) is 6.07 Å². The van der Waals surface area contributed by atoms with Gasteiger partial charge in [-0.1, -0.05) is 36.4 Å². The summed E-state index contributed by atoms with van der Waals surface area (Å²) in [5.41, 5.74) is 3.90.